The van der Waals surface area contributed by atoms with Crippen LogP contribution in [0.25, 0.3) is 0 Å². The third-order valence-corrected chi connectivity index (χ3v) is 4.80. The number of rotatable bonds is 7. The summed E-state index contributed by atoms with van der Waals surface area (Å²) >= 11 is 1.17. The second-order valence-electron chi connectivity index (χ2n) is 1.87. The molecule has 12 heavy (non-hydrogen) atoms. The molecule has 0 unspecified atom stereocenters. The van der Waals surface area contributed by atoms with E-state index in [9.17, 15) is 4.57 Å². The van der Waals surface area contributed by atoms with Crippen molar-refractivity contribution in [2.24, 2.45) is 0 Å². The van der Waals surface area contributed by atoms with Gasteiger partial charge in [0, 0.05) is 5.75 Å². The van der Waals surface area contributed by atoms with E-state index in [1.165, 1.54) is 11.4 Å². The van der Waals surface area contributed by atoms with E-state index in [4.69, 9.17) is 9.05 Å². The fourth-order valence-electron chi connectivity index (χ4n) is 0.572. The summed E-state index contributed by atoms with van der Waals surface area (Å²) in [6.07, 6.45) is 1.68. The van der Waals surface area contributed by atoms with Crippen LogP contribution in [0.3, 0.4) is 0 Å². The predicted octanol–water partition coefficient (Wildman–Crippen LogP) is 3.09. The zero-order valence-electron chi connectivity index (χ0n) is 7.49. The fourth-order valence-corrected chi connectivity index (χ4v) is 3.66. The van der Waals surface area contributed by atoms with Gasteiger partial charge in [-0.05, 0) is 25.2 Å². The molecule has 0 fully saturated rings. The largest absolute Gasteiger partial charge is 0.389 e. The highest BCUT2D eigenvalue weighted by Crippen LogP contribution is 2.60. The summed E-state index contributed by atoms with van der Waals surface area (Å²) in [5.41, 5.74) is 0. The highest BCUT2D eigenvalue weighted by Gasteiger charge is 2.22. The average Bonchev–Trinajstić information content (AvgIpc) is 2.02. The summed E-state index contributed by atoms with van der Waals surface area (Å²) in [5.74, 6) is 0.581. The molecule has 0 aliphatic heterocycles. The maximum Gasteiger partial charge on any atom is 0.389 e. The van der Waals surface area contributed by atoms with Crippen molar-refractivity contribution in [3.05, 3.63) is 12.7 Å². The molecule has 0 amide bonds. The molecule has 72 valence electrons. The quantitative estimate of drug-likeness (QED) is 0.478. The van der Waals surface area contributed by atoms with E-state index in [1.807, 2.05) is 0 Å². The van der Waals surface area contributed by atoms with Gasteiger partial charge >= 0.3 is 6.80 Å². The molecule has 0 aliphatic carbocycles. The fraction of sp³-hybridized carbons (Fsp3) is 0.714. The molecule has 0 aliphatic rings. The van der Waals surface area contributed by atoms with Gasteiger partial charge in [-0.3, -0.25) is 0 Å². The zero-order chi connectivity index (χ0) is 9.45. The second-order valence-corrected chi connectivity index (χ2v) is 5.99. The third kappa shape index (κ3) is 4.99. The Bertz CT molecular complexity index is 162. The van der Waals surface area contributed by atoms with Crippen molar-refractivity contribution in [3.63, 3.8) is 0 Å². The molecule has 0 aromatic rings. The minimum atomic E-state index is -2.89. The highest BCUT2D eigenvalue weighted by molar-refractivity contribution is 8.55. The summed E-state index contributed by atoms with van der Waals surface area (Å²) in [4.78, 5) is 0. The molecule has 0 saturated heterocycles. The van der Waals surface area contributed by atoms with Crippen molar-refractivity contribution in [1.82, 2.24) is 0 Å². The first kappa shape index (κ1) is 12.2. The van der Waals surface area contributed by atoms with Crippen LogP contribution in [0.2, 0.25) is 0 Å². The first-order valence-electron chi connectivity index (χ1n) is 3.83. The van der Waals surface area contributed by atoms with Gasteiger partial charge in [0.2, 0.25) is 0 Å². The Morgan fingerprint density at radius 3 is 2.25 bits per heavy atom. The summed E-state index contributed by atoms with van der Waals surface area (Å²) in [7, 11) is 0. The van der Waals surface area contributed by atoms with Crippen LogP contribution in [0, 0.1) is 0 Å². The first-order chi connectivity index (χ1) is 5.68. The van der Waals surface area contributed by atoms with Gasteiger partial charge in [0.05, 0.1) is 13.2 Å². The molecule has 5 heteroatoms. The van der Waals surface area contributed by atoms with Crippen molar-refractivity contribution in [2.75, 3.05) is 19.0 Å². The van der Waals surface area contributed by atoms with Gasteiger partial charge < -0.3 is 9.05 Å². The van der Waals surface area contributed by atoms with Crippen molar-refractivity contribution < 1.29 is 13.6 Å². The van der Waals surface area contributed by atoms with Gasteiger partial charge in [0.25, 0.3) is 0 Å². The van der Waals surface area contributed by atoms with Crippen molar-refractivity contribution in [2.45, 2.75) is 13.8 Å². The van der Waals surface area contributed by atoms with Crippen LogP contribution in [0.1, 0.15) is 13.8 Å². The molecule has 3 nitrogen and oxygen atoms in total. The van der Waals surface area contributed by atoms with Crippen LogP contribution in [0.5, 0.6) is 0 Å². The number of hydrogen-bond donors (Lipinski definition) is 0. The van der Waals surface area contributed by atoms with Gasteiger partial charge in [0.15, 0.2) is 0 Å². The van der Waals surface area contributed by atoms with Crippen molar-refractivity contribution in [3.8, 4) is 0 Å². The van der Waals surface area contributed by atoms with Gasteiger partial charge in [0.1, 0.15) is 0 Å². The molecular formula is C7H15O3PS. The highest BCUT2D eigenvalue weighted by atomic mass is 32.7. The van der Waals surface area contributed by atoms with E-state index < -0.39 is 6.80 Å². The topological polar surface area (TPSA) is 35.5 Å². The summed E-state index contributed by atoms with van der Waals surface area (Å²) in [5, 5.41) is 0. The summed E-state index contributed by atoms with van der Waals surface area (Å²) < 4.78 is 21.7. The van der Waals surface area contributed by atoms with E-state index in [2.05, 4.69) is 6.58 Å². The van der Waals surface area contributed by atoms with Gasteiger partial charge in [-0.15, -0.1) is 6.58 Å². The predicted molar refractivity (Wildman–Crippen MR) is 53.5 cm³/mol. The maximum atomic E-state index is 11.6. The van der Waals surface area contributed by atoms with Crippen LogP contribution >= 0.6 is 18.2 Å². The lowest BCUT2D eigenvalue weighted by atomic mass is 10.8. The lowest BCUT2D eigenvalue weighted by Gasteiger charge is -2.14. The molecule has 0 spiro atoms. The van der Waals surface area contributed by atoms with Crippen molar-refractivity contribution in [1.29, 1.82) is 0 Å². The van der Waals surface area contributed by atoms with E-state index in [0.717, 1.165) is 0 Å². The van der Waals surface area contributed by atoms with E-state index in [1.54, 1.807) is 19.9 Å². The summed E-state index contributed by atoms with van der Waals surface area (Å²) in [6.45, 7) is 5.03. The molecule has 0 N–H and O–H groups in total. The maximum absolute atomic E-state index is 11.6. The number of hydrogen-bond acceptors (Lipinski definition) is 4. The zero-order valence-corrected chi connectivity index (χ0v) is 9.20. The Morgan fingerprint density at radius 1 is 1.42 bits per heavy atom. The Kier molecular flexibility index (Phi) is 6.86. The van der Waals surface area contributed by atoms with E-state index in [-0.39, 0.29) is 0 Å². The van der Waals surface area contributed by atoms with Crippen LogP contribution in [-0.2, 0) is 13.6 Å². The minimum Gasteiger partial charge on any atom is -0.301 e. The average molecular weight is 210 g/mol. The van der Waals surface area contributed by atoms with Gasteiger partial charge in [-0.2, -0.15) is 0 Å². The first-order valence-corrected chi connectivity index (χ1v) is 6.96. The molecule has 0 aromatic heterocycles. The lowest BCUT2D eigenvalue weighted by Crippen LogP contribution is -1.92. The SMILES string of the molecule is C=CCSP(=O)(OCC)OCC. The van der Waals surface area contributed by atoms with Gasteiger partial charge in [-0.25, -0.2) is 4.57 Å². The monoisotopic (exact) mass is 210 g/mol. The molecule has 0 rings (SSSR count). The Balaban J connectivity index is 3.98. The van der Waals surface area contributed by atoms with Crippen LogP contribution < -0.4 is 0 Å². The van der Waals surface area contributed by atoms with Crippen LogP contribution in [0.4, 0.5) is 0 Å². The van der Waals surface area contributed by atoms with Crippen LogP contribution in [0.15, 0.2) is 12.7 Å². The minimum absolute atomic E-state index is 0.404. The lowest BCUT2D eigenvalue weighted by molar-refractivity contribution is 0.237. The second kappa shape index (κ2) is 6.72. The normalized spacial score (nSPS) is 11.5. The summed E-state index contributed by atoms with van der Waals surface area (Å²) in [6, 6.07) is 0. The van der Waals surface area contributed by atoms with Crippen LogP contribution in [-0.4, -0.2) is 19.0 Å². The molecule has 0 radical (unpaired) electrons. The third-order valence-electron chi connectivity index (χ3n) is 0.925. The van der Waals surface area contributed by atoms with E-state index >= 15 is 0 Å². The molecule has 0 bridgehead atoms. The molecule has 0 aromatic carbocycles. The Labute approximate surface area is 77.8 Å². The van der Waals surface area contributed by atoms with Crippen molar-refractivity contribution >= 4 is 18.2 Å². The molecule has 0 saturated carbocycles. The Hall–Kier alpha value is 0.240. The molecule has 0 heterocycles. The molecule has 0 atom stereocenters. The Morgan fingerprint density at radius 2 is 1.92 bits per heavy atom. The standard InChI is InChI=1S/C7H15O3PS/c1-4-7-12-11(8,9-5-2)10-6-3/h4H,1,5-7H2,2-3H3. The smallest absolute Gasteiger partial charge is 0.301 e. The van der Waals surface area contributed by atoms with Gasteiger partial charge in [-0.1, -0.05) is 6.08 Å². The van der Waals surface area contributed by atoms with E-state index in [0.29, 0.717) is 19.0 Å². The molecular weight excluding hydrogens is 195 g/mol.